The van der Waals surface area contributed by atoms with Gasteiger partial charge < -0.3 is 16.5 Å². The number of hydrogen-bond acceptors (Lipinski definition) is 2. The summed E-state index contributed by atoms with van der Waals surface area (Å²) in [5, 5.41) is 0. The summed E-state index contributed by atoms with van der Waals surface area (Å²) >= 11 is 0. The molecule has 1 atom stereocenters. The molecule has 0 aliphatic carbocycles. The quantitative estimate of drug-likeness (QED) is 0.566. The molecule has 10 heavy (non-hydrogen) atoms. The summed E-state index contributed by atoms with van der Waals surface area (Å²) in [6, 6.07) is 2.07. The summed E-state index contributed by atoms with van der Waals surface area (Å²) < 4.78 is 0. The van der Waals surface area contributed by atoms with Crippen molar-refractivity contribution >= 4 is 0 Å². The van der Waals surface area contributed by atoms with Crippen LogP contribution in [0.3, 0.4) is 0 Å². The number of aromatic amines is 1. The van der Waals surface area contributed by atoms with Gasteiger partial charge in [0.15, 0.2) is 0 Å². The molecule has 0 fully saturated rings. The molecule has 0 saturated heterocycles. The molecule has 0 amide bonds. The molecule has 1 heterocycles. The predicted octanol–water partition coefficient (Wildman–Crippen LogP) is 0.363. The Morgan fingerprint density at radius 3 is 2.90 bits per heavy atom. The molecule has 3 nitrogen and oxygen atoms in total. The Balaban J connectivity index is 2.50. The fourth-order valence-corrected chi connectivity index (χ4v) is 0.914. The molecule has 0 aliphatic heterocycles. The average molecular weight is 139 g/mol. The van der Waals surface area contributed by atoms with Crippen molar-refractivity contribution in [2.24, 2.45) is 11.5 Å². The van der Waals surface area contributed by atoms with Gasteiger partial charge in [0, 0.05) is 18.4 Å². The molecule has 0 aliphatic rings. The third-order valence-electron chi connectivity index (χ3n) is 1.53. The summed E-state index contributed by atoms with van der Waals surface area (Å²) in [6.07, 6.45) is 4.61. The summed E-state index contributed by atoms with van der Waals surface area (Å²) in [4.78, 5) is 2.95. The highest BCUT2D eigenvalue weighted by molar-refractivity contribution is 5.12. The van der Waals surface area contributed by atoms with Crippen LogP contribution >= 0.6 is 0 Å². The second kappa shape index (κ2) is 3.39. The van der Waals surface area contributed by atoms with E-state index in [1.54, 1.807) is 0 Å². The van der Waals surface area contributed by atoms with E-state index in [1.807, 2.05) is 18.5 Å². The highest BCUT2D eigenvalue weighted by atomic mass is 14.7. The Kier molecular flexibility index (Phi) is 2.48. The van der Waals surface area contributed by atoms with Gasteiger partial charge in [-0.2, -0.15) is 0 Å². The highest BCUT2D eigenvalue weighted by Crippen LogP contribution is 2.10. The van der Waals surface area contributed by atoms with E-state index >= 15 is 0 Å². The van der Waals surface area contributed by atoms with Gasteiger partial charge in [-0.1, -0.05) is 0 Å². The zero-order valence-electron chi connectivity index (χ0n) is 5.88. The molecule has 0 radical (unpaired) electrons. The van der Waals surface area contributed by atoms with Crippen molar-refractivity contribution in [3.8, 4) is 0 Å². The lowest BCUT2D eigenvalue weighted by Gasteiger charge is -2.05. The lowest BCUT2D eigenvalue weighted by atomic mass is 10.1. The van der Waals surface area contributed by atoms with Crippen molar-refractivity contribution in [1.29, 1.82) is 0 Å². The molecule has 3 heteroatoms. The van der Waals surface area contributed by atoms with Crippen LogP contribution in [0.25, 0.3) is 0 Å². The van der Waals surface area contributed by atoms with Gasteiger partial charge >= 0.3 is 0 Å². The molecular weight excluding hydrogens is 126 g/mol. The lowest BCUT2D eigenvalue weighted by Crippen LogP contribution is -2.14. The summed E-state index contributed by atoms with van der Waals surface area (Å²) in [7, 11) is 0. The zero-order chi connectivity index (χ0) is 7.40. The van der Waals surface area contributed by atoms with E-state index in [2.05, 4.69) is 4.98 Å². The number of nitrogens with one attached hydrogen (secondary N) is 1. The molecule has 0 bridgehead atoms. The molecule has 0 aromatic carbocycles. The maximum atomic E-state index is 5.75. The fourth-order valence-electron chi connectivity index (χ4n) is 0.914. The minimum absolute atomic E-state index is 0.0937. The highest BCUT2D eigenvalue weighted by Gasteiger charge is 2.02. The first-order chi connectivity index (χ1) is 4.84. The average Bonchev–Trinajstić information content (AvgIpc) is 2.38. The first-order valence-corrected chi connectivity index (χ1v) is 3.43. The number of aromatic nitrogens is 1. The van der Waals surface area contributed by atoms with Crippen LogP contribution in [0.2, 0.25) is 0 Å². The smallest absolute Gasteiger partial charge is 0.0321 e. The molecule has 1 aromatic rings. The molecule has 0 saturated carbocycles. The van der Waals surface area contributed by atoms with Crippen LogP contribution in [0.15, 0.2) is 18.5 Å². The monoisotopic (exact) mass is 139 g/mol. The van der Waals surface area contributed by atoms with E-state index < -0.39 is 0 Å². The van der Waals surface area contributed by atoms with E-state index in [1.165, 1.54) is 0 Å². The van der Waals surface area contributed by atoms with E-state index in [4.69, 9.17) is 11.5 Å². The molecule has 1 rings (SSSR count). The van der Waals surface area contributed by atoms with E-state index in [-0.39, 0.29) is 6.04 Å². The van der Waals surface area contributed by atoms with Gasteiger partial charge in [0.2, 0.25) is 0 Å². The van der Waals surface area contributed by atoms with Crippen LogP contribution in [-0.4, -0.2) is 11.5 Å². The van der Waals surface area contributed by atoms with Crippen LogP contribution in [0.1, 0.15) is 18.0 Å². The van der Waals surface area contributed by atoms with Crippen LogP contribution in [0.4, 0.5) is 0 Å². The van der Waals surface area contributed by atoms with Gasteiger partial charge in [0.05, 0.1) is 0 Å². The fraction of sp³-hybridized carbons (Fsp3) is 0.429. The predicted molar refractivity (Wildman–Crippen MR) is 41.4 cm³/mol. The van der Waals surface area contributed by atoms with E-state index in [9.17, 15) is 0 Å². The second-order valence-corrected chi connectivity index (χ2v) is 2.33. The first kappa shape index (κ1) is 7.31. The zero-order valence-corrected chi connectivity index (χ0v) is 5.88. The van der Waals surface area contributed by atoms with Gasteiger partial charge in [0.1, 0.15) is 0 Å². The summed E-state index contributed by atoms with van der Waals surface area (Å²) in [5.41, 5.74) is 12.2. The molecule has 1 unspecified atom stereocenters. The minimum Gasteiger partial charge on any atom is -0.367 e. The first-order valence-electron chi connectivity index (χ1n) is 3.43. The Morgan fingerprint density at radius 2 is 2.40 bits per heavy atom. The molecular formula is C7H13N3. The Bertz CT molecular complexity index is 169. The van der Waals surface area contributed by atoms with Crippen molar-refractivity contribution in [2.45, 2.75) is 12.5 Å². The Labute approximate surface area is 60.4 Å². The molecule has 0 spiro atoms. The van der Waals surface area contributed by atoms with E-state index in [0.29, 0.717) is 6.54 Å². The Hall–Kier alpha value is -0.800. The van der Waals surface area contributed by atoms with Crippen LogP contribution < -0.4 is 11.5 Å². The van der Waals surface area contributed by atoms with Gasteiger partial charge in [-0.15, -0.1) is 0 Å². The van der Waals surface area contributed by atoms with Gasteiger partial charge in [-0.05, 0) is 24.6 Å². The third kappa shape index (κ3) is 1.59. The van der Waals surface area contributed by atoms with E-state index in [0.717, 1.165) is 12.0 Å². The van der Waals surface area contributed by atoms with Crippen molar-refractivity contribution in [2.75, 3.05) is 6.54 Å². The normalized spacial score (nSPS) is 13.4. The summed E-state index contributed by atoms with van der Waals surface area (Å²) in [5.74, 6) is 0. The Morgan fingerprint density at radius 1 is 1.60 bits per heavy atom. The number of hydrogen-bond donors (Lipinski definition) is 3. The maximum absolute atomic E-state index is 5.75. The third-order valence-corrected chi connectivity index (χ3v) is 1.53. The van der Waals surface area contributed by atoms with Gasteiger partial charge in [-0.25, -0.2) is 0 Å². The summed E-state index contributed by atoms with van der Waals surface area (Å²) in [6.45, 7) is 0.645. The van der Waals surface area contributed by atoms with Gasteiger partial charge in [0.25, 0.3) is 0 Å². The second-order valence-electron chi connectivity index (χ2n) is 2.33. The molecule has 56 valence electrons. The molecule has 5 N–H and O–H groups in total. The lowest BCUT2D eigenvalue weighted by molar-refractivity contribution is 0.662. The van der Waals surface area contributed by atoms with Crippen molar-refractivity contribution in [1.82, 2.24) is 4.98 Å². The van der Waals surface area contributed by atoms with Crippen molar-refractivity contribution in [3.63, 3.8) is 0 Å². The maximum Gasteiger partial charge on any atom is 0.0321 e. The van der Waals surface area contributed by atoms with Crippen molar-refractivity contribution < 1.29 is 0 Å². The van der Waals surface area contributed by atoms with Crippen LogP contribution in [0, 0.1) is 0 Å². The standard InChI is InChI=1S/C7H13N3/c8-3-1-7(9)6-2-4-10-5-6/h2,4-5,7,10H,1,3,8-9H2. The number of nitrogens with two attached hydrogens (primary N) is 2. The van der Waals surface area contributed by atoms with Crippen molar-refractivity contribution in [3.05, 3.63) is 24.0 Å². The SMILES string of the molecule is NCCC(N)c1cc[nH]c1. The van der Waals surface area contributed by atoms with Gasteiger partial charge in [-0.3, -0.25) is 0 Å². The van der Waals surface area contributed by atoms with Crippen LogP contribution in [-0.2, 0) is 0 Å². The van der Waals surface area contributed by atoms with Crippen LogP contribution in [0.5, 0.6) is 0 Å². The topological polar surface area (TPSA) is 67.8 Å². The molecule has 1 aromatic heterocycles. The number of rotatable bonds is 3. The minimum atomic E-state index is 0.0937. The number of H-pyrrole nitrogens is 1. The largest absolute Gasteiger partial charge is 0.367 e.